The highest BCUT2D eigenvalue weighted by atomic mass is 16.3. The lowest BCUT2D eigenvalue weighted by atomic mass is 10.0. The molecule has 1 aromatic rings. The van der Waals surface area contributed by atoms with Crippen LogP contribution in [-0.2, 0) is 13.0 Å². The second kappa shape index (κ2) is 5.02. The smallest absolute Gasteiger partial charge is 0.137 e. The maximum absolute atomic E-state index is 9.92. The third-order valence-corrected chi connectivity index (χ3v) is 4.35. The predicted octanol–water partition coefficient (Wildman–Crippen LogP) is 1.59. The number of likely N-dealkylation sites (tertiary alicyclic amines) is 1. The van der Waals surface area contributed by atoms with Crippen LogP contribution in [0, 0.1) is 5.92 Å². The van der Waals surface area contributed by atoms with Crippen molar-refractivity contribution >= 4 is 0 Å². The highest BCUT2D eigenvalue weighted by molar-refractivity contribution is 5.09. The molecule has 2 unspecified atom stereocenters. The molecule has 2 aliphatic heterocycles. The number of aliphatic hydroxyl groups excluding tert-OH is 1. The molecule has 4 heteroatoms. The molecule has 0 amide bonds. The van der Waals surface area contributed by atoms with Crippen molar-refractivity contribution in [1.82, 2.24) is 14.5 Å². The van der Waals surface area contributed by atoms with Crippen LogP contribution in [0.25, 0.3) is 0 Å². The van der Waals surface area contributed by atoms with E-state index < -0.39 is 0 Å². The predicted molar refractivity (Wildman–Crippen MR) is 70.3 cm³/mol. The standard InChI is InChI=1S/C14H23N3O/c1-2-16-7-5-11(9-16)8-12-10-17-6-3-4-13(18)14(17)15-12/h10-11,13,18H,2-9H2,1H3. The van der Waals surface area contributed by atoms with Crippen molar-refractivity contribution in [2.75, 3.05) is 19.6 Å². The number of aryl methyl sites for hydroxylation is 1. The average molecular weight is 249 g/mol. The lowest BCUT2D eigenvalue weighted by molar-refractivity contribution is 0.133. The van der Waals surface area contributed by atoms with Gasteiger partial charge in [0.15, 0.2) is 0 Å². The van der Waals surface area contributed by atoms with Gasteiger partial charge in [-0.05, 0) is 44.7 Å². The van der Waals surface area contributed by atoms with Crippen LogP contribution in [0.5, 0.6) is 0 Å². The summed E-state index contributed by atoms with van der Waals surface area (Å²) in [4.78, 5) is 7.15. The normalized spacial score (nSPS) is 28.6. The van der Waals surface area contributed by atoms with Crippen LogP contribution >= 0.6 is 0 Å². The van der Waals surface area contributed by atoms with Gasteiger partial charge in [0.1, 0.15) is 11.9 Å². The molecule has 100 valence electrons. The van der Waals surface area contributed by atoms with E-state index in [1.54, 1.807) is 0 Å². The molecule has 4 nitrogen and oxygen atoms in total. The Hall–Kier alpha value is -0.870. The fraction of sp³-hybridized carbons (Fsp3) is 0.786. The molecule has 3 rings (SSSR count). The summed E-state index contributed by atoms with van der Waals surface area (Å²) in [7, 11) is 0. The fourth-order valence-electron chi connectivity index (χ4n) is 3.28. The number of fused-ring (bicyclic) bond motifs is 1. The maximum Gasteiger partial charge on any atom is 0.137 e. The van der Waals surface area contributed by atoms with E-state index in [1.807, 2.05) is 0 Å². The summed E-state index contributed by atoms with van der Waals surface area (Å²) in [6.07, 6.45) is 6.11. The number of imidazole rings is 1. The lowest BCUT2D eigenvalue weighted by Crippen LogP contribution is -2.20. The van der Waals surface area contributed by atoms with Crippen LogP contribution in [0.15, 0.2) is 6.20 Å². The van der Waals surface area contributed by atoms with Gasteiger partial charge in [0.05, 0.1) is 5.69 Å². The Morgan fingerprint density at radius 2 is 2.28 bits per heavy atom. The molecule has 18 heavy (non-hydrogen) atoms. The molecule has 3 heterocycles. The minimum atomic E-state index is -0.344. The third-order valence-electron chi connectivity index (χ3n) is 4.35. The number of hydrogen-bond acceptors (Lipinski definition) is 3. The van der Waals surface area contributed by atoms with Gasteiger partial charge in [-0.3, -0.25) is 0 Å². The first-order valence-corrected chi connectivity index (χ1v) is 7.22. The molecular weight excluding hydrogens is 226 g/mol. The van der Waals surface area contributed by atoms with E-state index in [0.29, 0.717) is 0 Å². The molecule has 0 radical (unpaired) electrons. The number of nitrogens with zero attached hydrogens (tertiary/aromatic N) is 3. The van der Waals surface area contributed by atoms with E-state index in [0.717, 1.165) is 44.1 Å². The van der Waals surface area contributed by atoms with Gasteiger partial charge in [-0.2, -0.15) is 0 Å². The van der Waals surface area contributed by atoms with Crippen molar-refractivity contribution in [2.45, 2.75) is 45.3 Å². The molecule has 1 N–H and O–H groups in total. The van der Waals surface area contributed by atoms with Crippen molar-refractivity contribution in [3.05, 3.63) is 17.7 Å². The van der Waals surface area contributed by atoms with Gasteiger partial charge >= 0.3 is 0 Å². The Labute approximate surface area is 109 Å². The molecular formula is C14H23N3O. The zero-order chi connectivity index (χ0) is 12.5. The minimum absolute atomic E-state index is 0.344. The largest absolute Gasteiger partial charge is 0.385 e. The number of rotatable bonds is 3. The van der Waals surface area contributed by atoms with Gasteiger partial charge in [0.2, 0.25) is 0 Å². The van der Waals surface area contributed by atoms with Gasteiger partial charge in [-0.15, -0.1) is 0 Å². The molecule has 0 aromatic carbocycles. The summed E-state index contributed by atoms with van der Waals surface area (Å²) < 4.78 is 2.15. The molecule has 2 aliphatic rings. The Balaban J connectivity index is 1.67. The van der Waals surface area contributed by atoms with E-state index in [1.165, 1.54) is 25.2 Å². The van der Waals surface area contributed by atoms with Gasteiger partial charge in [-0.1, -0.05) is 6.92 Å². The molecule has 1 fully saturated rings. The summed E-state index contributed by atoms with van der Waals surface area (Å²) in [6, 6.07) is 0. The lowest BCUT2D eigenvalue weighted by Gasteiger charge is -2.18. The SMILES string of the molecule is CCN1CCC(Cc2cn3c(n2)C(O)CCC3)C1. The van der Waals surface area contributed by atoms with Crippen LogP contribution in [0.2, 0.25) is 0 Å². The fourth-order valence-corrected chi connectivity index (χ4v) is 3.28. The molecule has 0 spiro atoms. The Kier molecular flexibility index (Phi) is 3.39. The quantitative estimate of drug-likeness (QED) is 0.884. The summed E-state index contributed by atoms with van der Waals surface area (Å²) in [6.45, 7) is 6.85. The monoisotopic (exact) mass is 249 g/mol. The number of aromatic nitrogens is 2. The molecule has 2 atom stereocenters. The first-order valence-electron chi connectivity index (χ1n) is 7.22. The van der Waals surface area contributed by atoms with E-state index in [4.69, 9.17) is 0 Å². The van der Waals surface area contributed by atoms with Gasteiger partial charge in [-0.25, -0.2) is 4.98 Å². The third kappa shape index (κ3) is 2.31. The molecule has 1 saturated heterocycles. The van der Waals surface area contributed by atoms with Crippen molar-refractivity contribution in [1.29, 1.82) is 0 Å². The maximum atomic E-state index is 9.92. The summed E-state index contributed by atoms with van der Waals surface area (Å²) in [5, 5.41) is 9.92. The first kappa shape index (κ1) is 12.2. The van der Waals surface area contributed by atoms with Crippen molar-refractivity contribution in [2.24, 2.45) is 5.92 Å². The van der Waals surface area contributed by atoms with Crippen molar-refractivity contribution in [3.63, 3.8) is 0 Å². The molecule has 1 aromatic heterocycles. The van der Waals surface area contributed by atoms with E-state index in [9.17, 15) is 5.11 Å². The molecule has 0 saturated carbocycles. The van der Waals surface area contributed by atoms with Crippen molar-refractivity contribution < 1.29 is 5.11 Å². The van der Waals surface area contributed by atoms with Crippen LogP contribution in [0.1, 0.15) is 43.8 Å². The molecule has 0 bridgehead atoms. The van der Waals surface area contributed by atoms with E-state index in [-0.39, 0.29) is 6.10 Å². The first-order chi connectivity index (χ1) is 8.76. The van der Waals surface area contributed by atoms with Crippen LogP contribution in [0.3, 0.4) is 0 Å². The minimum Gasteiger partial charge on any atom is -0.385 e. The van der Waals surface area contributed by atoms with Gasteiger partial charge in [0.25, 0.3) is 0 Å². The highest BCUT2D eigenvalue weighted by Crippen LogP contribution is 2.26. The second-order valence-corrected chi connectivity index (χ2v) is 5.69. The van der Waals surface area contributed by atoms with Gasteiger partial charge in [0, 0.05) is 19.3 Å². The Bertz CT molecular complexity index is 415. The number of aliphatic hydroxyl groups is 1. The Morgan fingerprint density at radius 3 is 3.00 bits per heavy atom. The summed E-state index contributed by atoms with van der Waals surface area (Å²) >= 11 is 0. The van der Waals surface area contributed by atoms with Crippen molar-refractivity contribution in [3.8, 4) is 0 Å². The van der Waals surface area contributed by atoms with Gasteiger partial charge < -0.3 is 14.6 Å². The number of hydrogen-bond donors (Lipinski definition) is 1. The van der Waals surface area contributed by atoms with Crippen LogP contribution in [0.4, 0.5) is 0 Å². The van der Waals surface area contributed by atoms with E-state index >= 15 is 0 Å². The zero-order valence-corrected chi connectivity index (χ0v) is 11.2. The molecule has 0 aliphatic carbocycles. The topological polar surface area (TPSA) is 41.3 Å². The second-order valence-electron chi connectivity index (χ2n) is 5.69. The van der Waals surface area contributed by atoms with Crippen LogP contribution < -0.4 is 0 Å². The Morgan fingerprint density at radius 1 is 1.39 bits per heavy atom. The highest BCUT2D eigenvalue weighted by Gasteiger charge is 2.25. The average Bonchev–Trinajstić information content (AvgIpc) is 2.96. The van der Waals surface area contributed by atoms with E-state index in [2.05, 4.69) is 27.6 Å². The summed E-state index contributed by atoms with van der Waals surface area (Å²) in [5.41, 5.74) is 1.17. The van der Waals surface area contributed by atoms with Crippen LogP contribution in [-0.4, -0.2) is 39.2 Å². The zero-order valence-electron chi connectivity index (χ0n) is 11.2. The summed E-state index contributed by atoms with van der Waals surface area (Å²) in [5.74, 6) is 1.64.